The smallest absolute Gasteiger partial charge is 0.237 e. The van der Waals surface area contributed by atoms with Crippen molar-refractivity contribution in [1.29, 1.82) is 0 Å². The molecule has 2 aromatic heterocycles. The van der Waals surface area contributed by atoms with Crippen molar-refractivity contribution in [2.24, 2.45) is 0 Å². The second-order valence-corrected chi connectivity index (χ2v) is 11.0. The van der Waals surface area contributed by atoms with E-state index in [4.69, 9.17) is 22.1 Å². The third-order valence-corrected chi connectivity index (χ3v) is 7.04. The second-order valence-electron chi connectivity index (χ2n) is 8.52. The summed E-state index contributed by atoms with van der Waals surface area (Å²) in [6, 6.07) is 6.84. The molecule has 0 fully saturated rings. The molecule has 9 nitrogen and oxygen atoms in total. The predicted molar refractivity (Wildman–Crippen MR) is 139 cm³/mol. The van der Waals surface area contributed by atoms with Crippen LogP contribution in [0.4, 0.5) is 27.4 Å². The van der Waals surface area contributed by atoms with E-state index in [1.807, 2.05) is 6.92 Å². The van der Waals surface area contributed by atoms with Gasteiger partial charge in [-0.15, -0.1) is 0 Å². The van der Waals surface area contributed by atoms with Crippen molar-refractivity contribution < 1.29 is 17.5 Å². The fraction of sp³-hybridized carbons (Fsp3) is 0.208. The summed E-state index contributed by atoms with van der Waals surface area (Å²) in [4.78, 5) is 13.1. The fourth-order valence-electron chi connectivity index (χ4n) is 4.10. The first-order valence-electron chi connectivity index (χ1n) is 11.0. The van der Waals surface area contributed by atoms with Crippen molar-refractivity contribution in [1.82, 2.24) is 15.0 Å². The first-order valence-corrected chi connectivity index (χ1v) is 13.4. The van der Waals surface area contributed by atoms with E-state index in [1.54, 1.807) is 24.3 Å². The van der Waals surface area contributed by atoms with Gasteiger partial charge in [0, 0.05) is 47.4 Å². The maximum absolute atomic E-state index is 15.5. The summed E-state index contributed by atoms with van der Waals surface area (Å²) in [5.74, 6) is -0.0710. The molecule has 2 aromatic carbocycles. The van der Waals surface area contributed by atoms with Crippen LogP contribution in [0.25, 0.3) is 22.0 Å². The molecule has 0 saturated carbocycles. The number of anilines is 4. The maximum Gasteiger partial charge on any atom is 0.237 e. The van der Waals surface area contributed by atoms with Gasteiger partial charge in [-0.05, 0) is 30.2 Å². The van der Waals surface area contributed by atoms with Crippen LogP contribution in [0.2, 0.25) is 5.02 Å². The molecule has 0 atom stereocenters. The minimum absolute atomic E-state index is 0.0540. The molecular weight excluding hydrogens is 507 g/mol. The molecular formula is C24H22ClFN6O3S. The monoisotopic (exact) mass is 528 g/mol. The van der Waals surface area contributed by atoms with Gasteiger partial charge >= 0.3 is 0 Å². The first kappa shape index (κ1) is 24.0. The lowest BCUT2D eigenvalue weighted by Gasteiger charge is -2.22. The summed E-state index contributed by atoms with van der Waals surface area (Å²) in [6.45, 7) is 2.92. The third-order valence-electron chi connectivity index (χ3n) is 5.82. The Morgan fingerprint density at radius 1 is 1.22 bits per heavy atom. The summed E-state index contributed by atoms with van der Waals surface area (Å²) in [5, 5.41) is 6.64. The highest BCUT2D eigenvalue weighted by Gasteiger charge is 2.25. The average molecular weight is 529 g/mol. The maximum atomic E-state index is 15.5. The second kappa shape index (κ2) is 9.07. The Bertz CT molecular complexity index is 1610. The SMILES string of the molecule is Cc1c(-c2c(F)c(N)c3cnc(Nc4ccc(CS(C)(=O)=O)cc4)nc3c2Cl)cnc2c1NCCO2. The lowest BCUT2D eigenvalue weighted by Crippen LogP contribution is -2.20. The Kier molecular flexibility index (Phi) is 6.05. The van der Waals surface area contributed by atoms with Crippen LogP contribution in [-0.4, -0.2) is 42.8 Å². The Morgan fingerprint density at radius 3 is 2.69 bits per heavy atom. The summed E-state index contributed by atoms with van der Waals surface area (Å²) in [6.07, 6.45) is 4.10. The summed E-state index contributed by atoms with van der Waals surface area (Å²) in [5.41, 5.74) is 9.55. The Hall–Kier alpha value is -3.70. The average Bonchev–Trinajstić information content (AvgIpc) is 2.84. The van der Waals surface area contributed by atoms with Crippen molar-refractivity contribution in [2.45, 2.75) is 12.7 Å². The molecule has 0 saturated heterocycles. The number of nitrogens with zero attached hydrogens (tertiary/aromatic N) is 3. The Morgan fingerprint density at radius 2 is 1.97 bits per heavy atom. The largest absolute Gasteiger partial charge is 0.474 e. The first-order chi connectivity index (χ1) is 17.1. The predicted octanol–water partition coefficient (Wildman–Crippen LogP) is 4.47. The van der Waals surface area contributed by atoms with Gasteiger partial charge in [0.25, 0.3) is 0 Å². The van der Waals surface area contributed by atoms with Crippen molar-refractivity contribution in [3.63, 3.8) is 0 Å². The van der Waals surface area contributed by atoms with E-state index < -0.39 is 15.7 Å². The quantitative estimate of drug-likeness (QED) is 0.321. The van der Waals surface area contributed by atoms with Crippen LogP contribution in [0.3, 0.4) is 0 Å². The molecule has 186 valence electrons. The number of nitrogen functional groups attached to an aromatic ring is 1. The van der Waals surface area contributed by atoms with Gasteiger partial charge in [0.15, 0.2) is 15.7 Å². The molecule has 4 N–H and O–H groups in total. The van der Waals surface area contributed by atoms with Gasteiger partial charge in [-0.1, -0.05) is 23.7 Å². The number of fused-ring (bicyclic) bond motifs is 2. The Labute approximate surface area is 211 Å². The van der Waals surface area contributed by atoms with Crippen molar-refractivity contribution in [2.75, 3.05) is 35.8 Å². The van der Waals surface area contributed by atoms with Gasteiger partial charge in [0.2, 0.25) is 11.8 Å². The highest BCUT2D eigenvalue weighted by atomic mass is 35.5. The van der Waals surface area contributed by atoms with E-state index in [9.17, 15) is 8.42 Å². The van der Waals surface area contributed by atoms with Crippen LogP contribution >= 0.6 is 11.6 Å². The van der Waals surface area contributed by atoms with E-state index in [0.29, 0.717) is 41.5 Å². The number of ether oxygens (including phenoxy) is 1. The lowest BCUT2D eigenvalue weighted by atomic mass is 9.98. The van der Waals surface area contributed by atoms with Crippen molar-refractivity contribution in [3.8, 4) is 17.0 Å². The van der Waals surface area contributed by atoms with Crippen LogP contribution in [0.1, 0.15) is 11.1 Å². The van der Waals surface area contributed by atoms with E-state index >= 15 is 4.39 Å². The van der Waals surface area contributed by atoms with E-state index in [0.717, 1.165) is 5.56 Å². The van der Waals surface area contributed by atoms with E-state index in [-0.39, 0.29) is 38.9 Å². The number of nitrogens with one attached hydrogen (secondary N) is 2. The van der Waals surface area contributed by atoms with Crippen LogP contribution in [0.15, 0.2) is 36.7 Å². The number of halogens is 2. The molecule has 5 rings (SSSR count). The third kappa shape index (κ3) is 4.47. The van der Waals surface area contributed by atoms with Gasteiger partial charge in [-0.25, -0.2) is 27.8 Å². The Balaban J connectivity index is 1.55. The summed E-state index contributed by atoms with van der Waals surface area (Å²) in [7, 11) is -3.14. The van der Waals surface area contributed by atoms with Crippen molar-refractivity contribution in [3.05, 3.63) is 58.6 Å². The molecule has 4 aromatic rings. The van der Waals surface area contributed by atoms with Gasteiger partial charge in [-0.2, -0.15) is 0 Å². The molecule has 0 bridgehead atoms. The zero-order valence-corrected chi connectivity index (χ0v) is 21.0. The zero-order valence-electron chi connectivity index (χ0n) is 19.4. The minimum atomic E-state index is -3.14. The van der Waals surface area contributed by atoms with Crippen LogP contribution in [0.5, 0.6) is 5.88 Å². The molecule has 12 heteroatoms. The summed E-state index contributed by atoms with van der Waals surface area (Å²) >= 11 is 6.72. The topological polar surface area (TPSA) is 132 Å². The van der Waals surface area contributed by atoms with Gasteiger partial charge < -0.3 is 21.1 Å². The van der Waals surface area contributed by atoms with Gasteiger partial charge in [0.05, 0.1) is 22.0 Å². The number of sulfone groups is 1. The molecule has 36 heavy (non-hydrogen) atoms. The standard InChI is InChI=1S/C24H22ClFN6O3S/c1-12-15(9-29-23-21(12)28-7-8-35-23)17-18(25)22-16(20(27)19(17)26)10-30-24(32-22)31-14-5-3-13(4-6-14)11-36(2,33)34/h3-6,9-10,28H,7-8,11,27H2,1-2H3,(H,30,31,32). The molecule has 0 aliphatic carbocycles. The molecule has 0 unspecified atom stereocenters. The molecule has 1 aliphatic heterocycles. The molecule has 3 heterocycles. The molecule has 0 amide bonds. The number of rotatable bonds is 5. The lowest BCUT2D eigenvalue weighted by molar-refractivity contribution is 0.310. The zero-order chi connectivity index (χ0) is 25.6. The molecule has 1 aliphatic rings. The van der Waals surface area contributed by atoms with E-state index in [2.05, 4.69) is 25.6 Å². The van der Waals surface area contributed by atoms with Crippen LogP contribution in [-0.2, 0) is 15.6 Å². The molecule has 0 spiro atoms. The minimum Gasteiger partial charge on any atom is -0.474 e. The number of benzene rings is 2. The molecule has 0 radical (unpaired) electrons. The van der Waals surface area contributed by atoms with Crippen molar-refractivity contribution >= 4 is 55.4 Å². The number of nitrogens with two attached hydrogens (primary N) is 1. The van der Waals surface area contributed by atoms with Crippen LogP contribution < -0.4 is 21.1 Å². The van der Waals surface area contributed by atoms with Gasteiger partial charge in [0.1, 0.15) is 12.3 Å². The van der Waals surface area contributed by atoms with E-state index in [1.165, 1.54) is 18.6 Å². The highest BCUT2D eigenvalue weighted by Crippen LogP contribution is 2.43. The summed E-state index contributed by atoms with van der Waals surface area (Å²) < 4.78 is 44.1. The normalized spacial score (nSPS) is 13.1. The number of pyridine rings is 1. The van der Waals surface area contributed by atoms with Crippen LogP contribution in [0, 0.1) is 12.7 Å². The van der Waals surface area contributed by atoms with Gasteiger partial charge in [-0.3, -0.25) is 0 Å². The highest BCUT2D eigenvalue weighted by molar-refractivity contribution is 7.89. The number of aromatic nitrogens is 3. The fourth-order valence-corrected chi connectivity index (χ4v) is 5.23. The number of hydrogen-bond acceptors (Lipinski definition) is 9. The number of hydrogen-bond donors (Lipinski definition) is 3.